The third-order valence-corrected chi connectivity index (χ3v) is 4.91. The first-order chi connectivity index (χ1) is 11.0. The summed E-state index contributed by atoms with van der Waals surface area (Å²) in [4.78, 5) is 13.6. The molecule has 1 aromatic carbocycles. The SMILES string of the molecule is CC1CCN(C(CNCc2cccc(C(=O)O)c2)C(C)C)CC1. The Morgan fingerprint density at radius 1 is 1.35 bits per heavy atom. The lowest BCUT2D eigenvalue weighted by Crippen LogP contribution is -2.48. The largest absolute Gasteiger partial charge is 0.478 e. The Hall–Kier alpha value is -1.39. The average Bonchev–Trinajstić information content (AvgIpc) is 2.52. The molecule has 4 nitrogen and oxygen atoms in total. The number of hydrogen-bond donors (Lipinski definition) is 2. The van der Waals surface area contributed by atoms with Crippen molar-refractivity contribution in [3.8, 4) is 0 Å². The smallest absolute Gasteiger partial charge is 0.335 e. The molecule has 0 saturated carbocycles. The Bertz CT molecular complexity index is 508. The molecule has 1 fully saturated rings. The fourth-order valence-corrected chi connectivity index (χ4v) is 3.33. The summed E-state index contributed by atoms with van der Waals surface area (Å²) >= 11 is 0. The fourth-order valence-electron chi connectivity index (χ4n) is 3.33. The summed E-state index contributed by atoms with van der Waals surface area (Å²) < 4.78 is 0. The molecule has 1 atom stereocenters. The van der Waals surface area contributed by atoms with Crippen LogP contribution in [0.25, 0.3) is 0 Å². The Labute approximate surface area is 139 Å². The number of nitrogens with one attached hydrogen (secondary N) is 1. The molecular formula is C19H30N2O2. The molecule has 4 heteroatoms. The first kappa shape index (κ1) is 18.0. The summed E-state index contributed by atoms with van der Waals surface area (Å²) in [5.74, 6) is 0.599. The average molecular weight is 318 g/mol. The molecule has 1 aliphatic heterocycles. The molecule has 128 valence electrons. The molecule has 1 aliphatic rings. The van der Waals surface area contributed by atoms with E-state index in [1.807, 2.05) is 12.1 Å². The van der Waals surface area contributed by atoms with Crippen molar-refractivity contribution < 1.29 is 9.90 Å². The molecule has 0 spiro atoms. The van der Waals surface area contributed by atoms with Gasteiger partial charge in [-0.3, -0.25) is 4.90 Å². The van der Waals surface area contributed by atoms with Gasteiger partial charge in [-0.1, -0.05) is 32.9 Å². The molecule has 23 heavy (non-hydrogen) atoms. The predicted molar refractivity (Wildman–Crippen MR) is 93.7 cm³/mol. The highest BCUT2D eigenvalue weighted by Gasteiger charge is 2.25. The Balaban J connectivity index is 1.87. The number of piperidine rings is 1. The number of carboxylic acid groups (broad SMARTS) is 1. The van der Waals surface area contributed by atoms with Crippen LogP contribution in [-0.4, -0.2) is 41.7 Å². The van der Waals surface area contributed by atoms with E-state index in [0.29, 0.717) is 24.1 Å². The van der Waals surface area contributed by atoms with E-state index >= 15 is 0 Å². The van der Waals surface area contributed by atoms with Gasteiger partial charge >= 0.3 is 5.97 Å². The van der Waals surface area contributed by atoms with Crippen molar-refractivity contribution >= 4 is 5.97 Å². The Morgan fingerprint density at radius 2 is 2.04 bits per heavy atom. The van der Waals surface area contributed by atoms with Crippen LogP contribution in [0.1, 0.15) is 49.5 Å². The normalized spacial score (nSPS) is 18.3. The van der Waals surface area contributed by atoms with Crippen LogP contribution in [-0.2, 0) is 6.54 Å². The van der Waals surface area contributed by atoms with Crippen molar-refractivity contribution in [1.82, 2.24) is 10.2 Å². The van der Waals surface area contributed by atoms with Crippen LogP contribution in [0.3, 0.4) is 0 Å². The van der Waals surface area contributed by atoms with Crippen LogP contribution in [0.2, 0.25) is 0 Å². The standard InChI is InChI=1S/C19H30N2O2/c1-14(2)18(21-9-7-15(3)8-10-21)13-20-12-16-5-4-6-17(11-16)19(22)23/h4-6,11,14-15,18,20H,7-10,12-13H2,1-3H3,(H,22,23). The van der Waals surface area contributed by atoms with E-state index in [2.05, 4.69) is 31.0 Å². The van der Waals surface area contributed by atoms with Gasteiger partial charge in [-0.25, -0.2) is 4.79 Å². The highest BCUT2D eigenvalue weighted by Crippen LogP contribution is 2.21. The molecule has 1 unspecified atom stereocenters. The number of rotatable bonds is 7. The zero-order valence-electron chi connectivity index (χ0n) is 14.6. The highest BCUT2D eigenvalue weighted by molar-refractivity contribution is 5.87. The summed E-state index contributed by atoms with van der Waals surface area (Å²) in [6.45, 7) is 11.0. The van der Waals surface area contributed by atoms with Crippen LogP contribution in [0.5, 0.6) is 0 Å². The van der Waals surface area contributed by atoms with Gasteiger partial charge in [-0.05, 0) is 55.5 Å². The van der Waals surface area contributed by atoms with Crippen LogP contribution < -0.4 is 5.32 Å². The maximum atomic E-state index is 11.0. The van der Waals surface area contributed by atoms with Crippen molar-refractivity contribution in [2.24, 2.45) is 11.8 Å². The van der Waals surface area contributed by atoms with Crippen molar-refractivity contribution in [3.05, 3.63) is 35.4 Å². The third-order valence-electron chi connectivity index (χ3n) is 4.91. The number of carbonyl (C=O) groups is 1. The second-order valence-corrected chi connectivity index (χ2v) is 7.17. The maximum Gasteiger partial charge on any atom is 0.335 e. The third kappa shape index (κ3) is 5.33. The Morgan fingerprint density at radius 3 is 2.65 bits per heavy atom. The minimum Gasteiger partial charge on any atom is -0.478 e. The van der Waals surface area contributed by atoms with E-state index in [1.54, 1.807) is 12.1 Å². The van der Waals surface area contributed by atoms with Crippen molar-refractivity contribution in [2.75, 3.05) is 19.6 Å². The Kier molecular flexibility index (Phi) is 6.60. The number of nitrogens with zero attached hydrogens (tertiary/aromatic N) is 1. The molecule has 1 saturated heterocycles. The maximum absolute atomic E-state index is 11.0. The lowest BCUT2D eigenvalue weighted by atomic mass is 9.94. The van der Waals surface area contributed by atoms with Gasteiger partial charge in [-0.2, -0.15) is 0 Å². The first-order valence-corrected chi connectivity index (χ1v) is 8.74. The minimum absolute atomic E-state index is 0.356. The van der Waals surface area contributed by atoms with E-state index < -0.39 is 5.97 Å². The van der Waals surface area contributed by atoms with Crippen molar-refractivity contribution in [3.63, 3.8) is 0 Å². The van der Waals surface area contributed by atoms with Gasteiger partial charge in [0, 0.05) is 19.1 Å². The molecule has 0 bridgehead atoms. The second-order valence-electron chi connectivity index (χ2n) is 7.17. The van der Waals surface area contributed by atoms with Gasteiger partial charge in [0.25, 0.3) is 0 Å². The van der Waals surface area contributed by atoms with Crippen molar-refractivity contribution in [2.45, 2.75) is 46.2 Å². The molecule has 2 rings (SSSR count). The van der Waals surface area contributed by atoms with Gasteiger partial charge in [0.1, 0.15) is 0 Å². The van der Waals surface area contributed by atoms with E-state index in [4.69, 9.17) is 5.11 Å². The zero-order chi connectivity index (χ0) is 16.8. The molecule has 0 radical (unpaired) electrons. The summed E-state index contributed by atoms with van der Waals surface area (Å²) in [7, 11) is 0. The molecular weight excluding hydrogens is 288 g/mol. The number of aromatic carboxylic acids is 1. The molecule has 0 aliphatic carbocycles. The van der Waals surface area contributed by atoms with Gasteiger partial charge in [0.15, 0.2) is 0 Å². The van der Waals surface area contributed by atoms with Gasteiger partial charge in [-0.15, -0.1) is 0 Å². The summed E-state index contributed by atoms with van der Waals surface area (Å²) in [6.07, 6.45) is 2.59. The van der Waals surface area contributed by atoms with E-state index in [0.717, 1.165) is 18.0 Å². The van der Waals surface area contributed by atoms with E-state index in [-0.39, 0.29) is 0 Å². The van der Waals surface area contributed by atoms with Gasteiger partial charge in [0.2, 0.25) is 0 Å². The molecule has 2 N–H and O–H groups in total. The predicted octanol–water partition coefficient (Wildman–Crippen LogP) is 3.23. The molecule has 0 amide bonds. The van der Waals surface area contributed by atoms with Gasteiger partial charge < -0.3 is 10.4 Å². The van der Waals surface area contributed by atoms with Crippen LogP contribution in [0.4, 0.5) is 0 Å². The van der Waals surface area contributed by atoms with E-state index in [9.17, 15) is 4.79 Å². The number of hydrogen-bond acceptors (Lipinski definition) is 3. The number of benzene rings is 1. The highest BCUT2D eigenvalue weighted by atomic mass is 16.4. The molecule has 1 aromatic rings. The quantitative estimate of drug-likeness (QED) is 0.810. The van der Waals surface area contributed by atoms with E-state index in [1.165, 1.54) is 25.9 Å². The van der Waals surface area contributed by atoms with Crippen molar-refractivity contribution in [1.29, 1.82) is 0 Å². The van der Waals surface area contributed by atoms with Crippen LogP contribution >= 0.6 is 0 Å². The molecule has 1 heterocycles. The van der Waals surface area contributed by atoms with Crippen LogP contribution in [0, 0.1) is 11.8 Å². The zero-order valence-corrected chi connectivity index (χ0v) is 14.6. The van der Waals surface area contributed by atoms with Crippen LogP contribution in [0.15, 0.2) is 24.3 Å². The summed E-state index contributed by atoms with van der Waals surface area (Å²) in [6, 6.07) is 7.73. The second kappa shape index (κ2) is 8.46. The number of carboxylic acids is 1. The summed E-state index contributed by atoms with van der Waals surface area (Å²) in [5.41, 5.74) is 1.38. The number of likely N-dealkylation sites (tertiary alicyclic amines) is 1. The molecule has 0 aromatic heterocycles. The topological polar surface area (TPSA) is 52.6 Å². The van der Waals surface area contributed by atoms with Gasteiger partial charge in [0.05, 0.1) is 5.56 Å². The summed E-state index contributed by atoms with van der Waals surface area (Å²) in [5, 5.41) is 12.6. The lowest BCUT2D eigenvalue weighted by Gasteiger charge is -2.39. The lowest BCUT2D eigenvalue weighted by molar-refractivity contribution is 0.0696. The fraction of sp³-hybridized carbons (Fsp3) is 0.632. The first-order valence-electron chi connectivity index (χ1n) is 8.74. The minimum atomic E-state index is -0.866. The monoisotopic (exact) mass is 318 g/mol.